The number of hydrogen-bond donors (Lipinski definition) is 2. The standard InChI is InChI=1S/C28H50O4/c1-3-5-7-9-11-16-23-31-27(32-24-17-12-10-8-6-4-2)22-15-13-14-19-25-20-18-21-26(29)28(25)30/h18,20-21,27,29-30H,3-17,19,22-24H2,1-2H3. The first kappa shape index (κ1) is 28.8. The van der Waals surface area contributed by atoms with Gasteiger partial charge in [-0.05, 0) is 50.2 Å². The monoisotopic (exact) mass is 450 g/mol. The molecule has 4 nitrogen and oxygen atoms in total. The van der Waals surface area contributed by atoms with E-state index < -0.39 is 0 Å². The summed E-state index contributed by atoms with van der Waals surface area (Å²) < 4.78 is 12.2. The van der Waals surface area contributed by atoms with Crippen molar-refractivity contribution in [3.05, 3.63) is 23.8 Å². The highest BCUT2D eigenvalue weighted by Crippen LogP contribution is 2.29. The van der Waals surface area contributed by atoms with Crippen LogP contribution in [0.3, 0.4) is 0 Å². The maximum Gasteiger partial charge on any atom is 0.160 e. The second kappa shape index (κ2) is 20.4. The van der Waals surface area contributed by atoms with Crippen LogP contribution in [0.2, 0.25) is 0 Å². The second-order valence-electron chi connectivity index (χ2n) is 9.09. The van der Waals surface area contributed by atoms with Crippen molar-refractivity contribution in [1.29, 1.82) is 0 Å². The van der Waals surface area contributed by atoms with Gasteiger partial charge in [0.1, 0.15) is 0 Å². The van der Waals surface area contributed by atoms with Gasteiger partial charge in [-0.1, -0.05) is 96.6 Å². The number of phenols is 2. The number of rotatable bonds is 22. The van der Waals surface area contributed by atoms with E-state index in [0.29, 0.717) is 0 Å². The molecule has 0 aliphatic carbocycles. The minimum absolute atomic E-state index is 0.0231. The molecule has 1 aromatic rings. The van der Waals surface area contributed by atoms with E-state index in [2.05, 4.69) is 13.8 Å². The van der Waals surface area contributed by atoms with Gasteiger partial charge in [-0.25, -0.2) is 0 Å². The molecule has 0 aliphatic heterocycles. The zero-order chi connectivity index (χ0) is 23.3. The molecule has 32 heavy (non-hydrogen) atoms. The van der Waals surface area contributed by atoms with Gasteiger partial charge in [-0.15, -0.1) is 0 Å². The van der Waals surface area contributed by atoms with Crippen molar-refractivity contribution in [3.63, 3.8) is 0 Å². The van der Waals surface area contributed by atoms with Crippen molar-refractivity contribution in [2.45, 2.75) is 129 Å². The minimum atomic E-state index is -0.0875. The Morgan fingerprint density at radius 2 is 1.19 bits per heavy atom. The number of unbranched alkanes of at least 4 members (excludes halogenated alkanes) is 12. The summed E-state index contributed by atoms with van der Waals surface area (Å²) in [6, 6.07) is 5.18. The maximum atomic E-state index is 9.93. The van der Waals surface area contributed by atoms with Gasteiger partial charge < -0.3 is 19.7 Å². The van der Waals surface area contributed by atoms with Crippen LogP contribution in [0.15, 0.2) is 18.2 Å². The second-order valence-corrected chi connectivity index (χ2v) is 9.09. The molecule has 1 aromatic carbocycles. The lowest BCUT2D eigenvalue weighted by Gasteiger charge is -2.19. The molecule has 0 saturated carbocycles. The van der Waals surface area contributed by atoms with Crippen LogP contribution in [0.1, 0.15) is 122 Å². The van der Waals surface area contributed by atoms with Crippen LogP contribution in [-0.2, 0) is 15.9 Å². The first-order chi connectivity index (χ1) is 15.7. The van der Waals surface area contributed by atoms with E-state index in [4.69, 9.17) is 9.47 Å². The van der Waals surface area contributed by atoms with Gasteiger partial charge in [0, 0.05) is 13.2 Å². The Balaban J connectivity index is 2.23. The normalized spacial score (nSPS) is 11.5. The van der Waals surface area contributed by atoms with Crippen molar-refractivity contribution in [1.82, 2.24) is 0 Å². The number of aryl methyl sites for hydroxylation is 1. The summed E-state index contributed by atoms with van der Waals surface area (Å²) in [6.45, 7) is 6.09. The maximum absolute atomic E-state index is 9.93. The lowest BCUT2D eigenvalue weighted by atomic mass is 10.0. The Bertz CT molecular complexity index is 528. The molecule has 0 unspecified atom stereocenters. The van der Waals surface area contributed by atoms with Gasteiger partial charge in [0.2, 0.25) is 0 Å². The van der Waals surface area contributed by atoms with Gasteiger partial charge in [0.25, 0.3) is 0 Å². The molecular weight excluding hydrogens is 400 g/mol. The third kappa shape index (κ3) is 14.7. The molecule has 0 amide bonds. The van der Waals surface area contributed by atoms with Crippen LogP contribution in [0.4, 0.5) is 0 Å². The summed E-state index contributed by atoms with van der Waals surface area (Å²) in [7, 11) is 0. The molecule has 0 saturated heterocycles. The molecule has 0 atom stereocenters. The number of aromatic hydroxyl groups is 2. The molecule has 0 aromatic heterocycles. The van der Waals surface area contributed by atoms with E-state index in [-0.39, 0.29) is 17.8 Å². The third-order valence-electron chi connectivity index (χ3n) is 6.09. The summed E-state index contributed by atoms with van der Waals surface area (Å²) in [5.41, 5.74) is 0.820. The van der Waals surface area contributed by atoms with Gasteiger partial charge in [0.15, 0.2) is 17.8 Å². The molecule has 0 spiro atoms. The number of benzene rings is 1. The molecule has 0 aliphatic rings. The number of phenolic OH excluding ortho intramolecular Hbond substituents is 2. The summed E-state index contributed by atoms with van der Waals surface area (Å²) in [5.74, 6) is -0.0105. The van der Waals surface area contributed by atoms with E-state index in [0.717, 1.165) is 63.7 Å². The molecule has 0 bridgehead atoms. The molecular formula is C28H50O4. The van der Waals surface area contributed by atoms with Crippen molar-refractivity contribution < 1.29 is 19.7 Å². The third-order valence-corrected chi connectivity index (χ3v) is 6.09. The van der Waals surface area contributed by atoms with E-state index in [1.54, 1.807) is 6.07 Å². The largest absolute Gasteiger partial charge is 0.504 e. The highest BCUT2D eigenvalue weighted by molar-refractivity contribution is 5.44. The Kier molecular flexibility index (Phi) is 18.3. The number of hydrogen-bond acceptors (Lipinski definition) is 4. The predicted octanol–water partition coefficient (Wildman–Crippen LogP) is 8.28. The molecule has 2 N–H and O–H groups in total. The summed E-state index contributed by atoms with van der Waals surface area (Å²) in [4.78, 5) is 0. The summed E-state index contributed by atoms with van der Waals surface area (Å²) in [5, 5.41) is 19.5. The predicted molar refractivity (Wildman–Crippen MR) is 134 cm³/mol. The average Bonchev–Trinajstić information content (AvgIpc) is 2.79. The van der Waals surface area contributed by atoms with Crippen molar-refractivity contribution in [2.24, 2.45) is 0 Å². The summed E-state index contributed by atoms with van der Waals surface area (Å²) >= 11 is 0. The molecule has 0 heterocycles. The lowest BCUT2D eigenvalue weighted by molar-refractivity contribution is -0.148. The average molecular weight is 451 g/mol. The zero-order valence-electron chi connectivity index (χ0n) is 21.0. The van der Waals surface area contributed by atoms with Crippen LogP contribution >= 0.6 is 0 Å². The Morgan fingerprint density at radius 3 is 1.78 bits per heavy atom. The smallest absolute Gasteiger partial charge is 0.160 e. The molecule has 1 rings (SSSR count). The lowest BCUT2D eigenvalue weighted by Crippen LogP contribution is -2.19. The van der Waals surface area contributed by atoms with Gasteiger partial charge in [-0.3, -0.25) is 0 Å². The molecule has 0 fully saturated rings. The van der Waals surface area contributed by atoms with Crippen molar-refractivity contribution in [2.75, 3.05) is 13.2 Å². The number of para-hydroxylation sites is 1. The summed E-state index contributed by atoms with van der Waals surface area (Å²) in [6.07, 6.45) is 20.0. The minimum Gasteiger partial charge on any atom is -0.504 e. The zero-order valence-corrected chi connectivity index (χ0v) is 21.0. The Morgan fingerprint density at radius 1 is 0.656 bits per heavy atom. The number of ether oxygens (including phenoxy) is 2. The fourth-order valence-corrected chi connectivity index (χ4v) is 3.99. The fourth-order valence-electron chi connectivity index (χ4n) is 3.99. The van der Waals surface area contributed by atoms with E-state index >= 15 is 0 Å². The van der Waals surface area contributed by atoms with E-state index in [1.165, 1.54) is 70.3 Å². The van der Waals surface area contributed by atoms with E-state index in [9.17, 15) is 10.2 Å². The van der Waals surface area contributed by atoms with Crippen LogP contribution in [-0.4, -0.2) is 29.7 Å². The van der Waals surface area contributed by atoms with Crippen LogP contribution in [0.25, 0.3) is 0 Å². The van der Waals surface area contributed by atoms with Crippen LogP contribution in [0, 0.1) is 0 Å². The van der Waals surface area contributed by atoms with Gasteiger partial charge >= 0.3 is 0 Å². The molecule has 186 valence electrons. The Labute approximate surface area is 197 Å². The van der Waals surface area contributed by atoms with Crippen LogP contribution in [0.5, 0.6) is 11.5 Å². The SMILES string of the molecule is CCCCCCCCOC(CCCCCc1cccc(O)c1O)OCCCCCCCC. The van der Waals surface area contributed by atoms with Gasteiger partial charge in [0.05, 0.1) is 0 Å². The van der Waals surface area contributed by atoms with Crippen molar-refractivity contribution >= 4 is 0 Å². The quantitative estimate of drug-likeness (QED) is 0.106. The first-order valence-corrected chi connectivity index (χ1v) is 13.4. The first-order valence-electron chi connectivity index (χ1n) is 13.4. The highest BCUT2D eigenvalue weighted by atomic mass is 16.7. The van der Waals surface area contributed by atoms with Crippen LogP contribution < -0.4 is 0 Å². The topological polar surface area (TPSA) is 58.9 Å². The molecule has 4 heteroatoms. The van der Waals surface area contributed by atoms with Crippen molar-refractivity contribution in [3.8, 4) is 11.5 Å². The fraction of sp³-hybridized carbons (Fsp3) is 0.786. The van der Waals surface area contributed by atoms with Gasteiger partial charge in [-0.2, -0.15) is 0 Å². The highest BCUT2D eigenvalue weighted by Gasteiger charge is 2.10. The Hall–Kier alpha value is -1.26. The molecule has 0 radical (unpaired) electrons. The van der Waals surface area contributed by atoms with E-state index in [1.807, 2.05) is 6.07 Å².